The molecule has 1 amide bonds. The maximum atomic E-state index is 11.6. The molecule has 0 radical (unpaired) electrons. The lowest BCUT2D eigenvalue weighted by Crippen LogP contribution is -2.60. The highest BCUT2D eigenvalue weighted by atomic mass is 16.2. The largest absolute Gasteiger partial charge is 0.340 e. The van der Waals surface area contributed by atoms with Crippen LogP contribution in [0.25, 0.3) is 0 Å². The first-order chi connectivity index (χ1) is 6.61. The van der Waals surface area contributed by atoms with Crippen LogP contribution in [0.1, 0.15) is 6.42 Å². The molecule has 0 aromatic heterocycles. The van der Waals surface area contributed by atoms with Crippen LogP contribution in [0.4, 0.5) is 0 Å². The van der Waals surface area contributed by atoms with Crippen LogP contribution < -0.4 is 5.32 Å². The lowest BCUT2D eigenvalue weighted by atomic mass is 9.79. The molecular formula is C10H19N3O. The molecule has 1 spiro atoms. The molecule has 2 aliphatic rings. The number of nitrogens with zero attached hydrogens (tertiary/aromatic N) is 2. The van der Waals surface area contributed by atoms with E-state index in [4.69, 9.17) is 0 Å². The van der Waals surface area contributed by atoms with E-state index in [9.17, 15) is 4.79 Å². The number of likely N-dealkylation sites (tertiary alicyclic amines) is 1. The van der Waals surface area contributed by atoms with Gasteiger partial charge in [0.1, 0.15) is 0 Å². The van der Waals surface area contributed by atoms with Crippen LogP contribution in [0.3, 0.4) is 0 Å². The lowest BCUT2D eigenvalue weighted by molar-refractivity contribution is -0.142. The molecule has 0 aromatic rings. The first kappa shape index (κ1) is 9.93. The van der Waals surface area contributed by atoms with Crippen molar-refractivity contribution < 1.29 is 4.79 Å². The molecule has 80 valence electrons. The number of hydrogen-bond donors (Lipinski definition) is 1. The van der Waals surface area contributed by atoms with Crippen LogP contribution in [-0.4, -0.2) is 62.5 Å². The Balaban J connectivity index is 1.79. The fraction of sp³-hybridized carbons (Fsp3) is 0.900. The molecule has 2 rings (SSSR count). The second-order valence-electron chi connectivity index (χ2n) is 4.91. The van der Waals surface area contributed by atoms with E-state index in [1.165, 1.54) is 6.42 Å². The highest BCUT2D eigenvalue weighted by Crippen LogP contribution is 2.35. The third-order valence-electron chi connectivity index (χ3n) is 3.19. The Morgan fingerprint density at radius 1 is 1.50 bits per heavy atom. The summed E-state index contributed by atoms with van der Waals surface area (Å²) >= 11 is 0. The van der Waals surface area contributed by atoms with E-state index in [0.717, 1.165) is 26.2 Å². The van der Waals surface area contributed by atoms with E-state index in [1.54, 1.807) is 0 Å². The van der Waals surface area contributed by atoms with Crippen molar-refractivity contribution in [3.8, 4) is 0 Å². The van der Waals surface area contributed by atoms with Gasteiger partial charge in [0.25, 0.3) is 0 Å². The summed E-state index contributed by atoms with van der Waals surface area (Å²) in [5, 5.41) is 3.37. The van der Waals surface area contributed by atoms with Crippen LogP contribution in [0, 0.1) is 5.41 Å². The number of rotatable bonds is 2. The van der Waals surface area contributed by atoms with Gasteiger partial charge in [-0.1, -0.05) is 0 Å². The van der Waals surface area contributed by atoms with E-state index in [2.05, 4.69) is 5.32 Å². The van der Waals surface area contributed by atoms with Crippen molar-refractivity contribution in [3.63, 3.8) is 0 Å². The third-order valence-corrected chi connectivity index (χ3v) is 3.19. The first-order valence-corrected chi connectivity index (χ1v) is 5.25. The molecule has 2 aliphatic heterocycles. The Labute approximate surface area is 85.2 Å². The summed E-state index contributed by atoms with van der Waals surface area (Å²) in [6, 6.07) is 0. The van der Waals surface area contributed by atoms with E-state index in [1.807, 2.05) is 23.9 Å². The predicted molar refractivity (Wildman–Crippen MR) is 55.1 cm³/mol. The summed E-state index contributed by atoms with van der Waals surface area (Å²) in [6.45, 7) is 4.69. The van der Waals surface area contributed by atoms with Crippen LogP contribution in [0.2, 0.25) is 0 Å². The smallest absolute Gasteiger partial charge is 0.236 e. The number of carbonyl (C=O) groups is 1. The Morgan fingerprint density at radius 2 is 2.21 bits per heavy atom. The first-order valence-electron chi connectivity index (χ1n) is 5.25. The number of hydrogen-bond acceptors (Lipinski definition) is 3. The predicted octanol–water partition coefficient (Wildman–Crippen LogP) is -0.630. The minimum atomic E-state index is 0.271. The van der Waals surface area contributed by atoms with Gasteiger partial charge in [0.2, 0.25) is 5.91 Å². The van der Waals surface area contributed by atoms with E-state index in [0.29, 0.717) is 12.0 Å². The Kier molecular flexibility index (Phi) is 2.49. The van der Waals surface area contributed by atoms with Gasteiger partial charge in [0.15, 0.2) is 0 Å². The van der Waals surface area contributed by atoms with Gasteiger partial charge in [0, 0.05) is 25.0 Å². The minimum absolute atomic E-state index is 0.271. The van der Waals surface area contributed by atoms with Crippen molar-refractivity contribution >= 4 is 5.91 Å². The fourth-order valence-electron chi connectivity index (χ4n) is 2.38. The molecule has 0 aliphatic carbocycles. The summed E-state index contributed by atoms with van der Waals surface area (Å²) in [7, 11) is 3.87. The van der Waals surface area contributed by atoms with Crippen LogP contribution in [0.15, 0.2) is 0 Å². The number of likely N-dealkylation sites (N-methyl/N-ethyl adjacent to an activating group) is 1. The van der Waals surface area contributed by atoms with Gasteiger partial charge in [-0.3, -0.25) is 4.79 Å². The summed E-state index contributed by atoms with van der Waals surface area (Å²) < 4.78 is 0. The summed E-state index contributed by atoms with van der Waals surface area (Å²) in [5.74, 6) is 0.271. The highest BCUT2D eigenvalue weighted by molar-refractivity contribution is 5.79. The molecular weight excluding hydrogens is 178 g/mol. The minimum Gasteiger partial charge on any atom is -0.340 e. The molecule has 4 heteroatoms. The van der Waals surface area contributed by atoms with Gasteiger partial charge in [-0.05, 0) is 27.1 Å². The molecule has 0 aromatic carbocycles. The van der Waals surface area contributed by atoms with Gasteiger partial charge in [-0.15, -0.1) is 0 Å². The topological polar surface area (TPSA) is 35.6 Å². The molecule has 2 fully saturated rings. The molecule has 0 saturated carbocycles. The molecule has 0 atom stereocenters. The van der Waals surface area contributed by atoms with Crippen molar-refractivity contribution in [2.75, 3.05) is 46.8 Å². The van der Waals surface area contributed by atoms with Crippen LogP contribution in [-0.2, 0) is 4.79 Å². The van der Waals surface area contributed by atoms with Crippen LogP contribution >= 0.6 is 0 Å². The lowest BCUT2D eigenvalue weighted by Gasteiger charge is -2.48. The van der Waals surface area contributed by atoms with Crippen molar-refractivity contribution in [2.45, 2.75) is 6.42 Å². The molecule has 14 heavy (non-hydrogen) atoms. The van der Waals surface area contributed by atoms with Crippen molar-refractivity contribution in [1.29, 1.82) is 0 Å². The Morgan fingerprint density at radius 3 is 2.71 bits per heavy atom. The second-order valence-corrected chi connectivity index (χ2v) is 4.91. The van der Waals surface area contributed by atoms with Gasteiger partial charge in [-0.25, -0.2) is 0 Å². The van der Waals surface area contributed by atoms with Gasteiger partial charge >= 0.3 is 0 Å². The van der Waals surface area contributed by atoms with Crippen molar-refractivity contribution in [1.82, 2.24) is 15.1 Å². The zero-order valence-corrected chi connectivity index (χ0v) is 9.05. The standard InChI is InChI=1S/C10H19N3O/c1-12(2)5-9(14)13-7-10(8-13)3-4-11-6-10/h11H,3-8H2,1-2H3. The zero-order valence-electron chi connectivity index (χ0n) is 9.05. The maximum absolute atomic E-state index is 11.6. The molecule has 2 heterocycles. The molecule has 4 nitrogen and oxygen atoms in total. The monoisotopic (exact) mass is 197 g/mol. The normalized spacial score (nSPS) is 24.4. The maximum Gasteiger partial charge on any atom is 0.236 e. The SMILES string of the molecule is CN(C)CC(=O)N1CC2(CCNC2)C1. The zero-order chi connectivity index (χ0) is 10.2. The Hall–Kier alpha value is -0.610. The third kappa shape index (κ3) is 1.77. The van der Waals surface area contributed by atoms with Gasteiger partial charge in [-0.2, -0.15) is 0 Å². The van der Waals surface area contributed by atoms with Crippen molar-refractivity contribution in [2.24, 2.45) is 5.41 Å². The van der Waals surface area contributed by atoms with E-state index < -0.39 is 0 Å². The number of amides is 1. The van der Waals surface area contributed by atoms with Crippen molar-refractivity contribution in [3.05, 3.63) is 0 Å². The Bertz CT molecular complexity index is 226. The average molecular weight is 197 g/mol. The van der Waals surface area contributed by atoms with E-state index >= 15 is 0 Å². The summed E-state index contributed by atoms with van der Waals surface area (Å²) in [4.78, 5) is 15.5. The van der Waals surface area contributed by atoms with Gasteiger partial charge in [0.05, 0.1) is 6.54 Å². The average Bonchev–Trinajstić information content (AvgIpc) is 2.47. The fourth-order valence-corrected chi connectivity index (χ4v) is 2.38. The molecule has 2 saturated heterocycles. The van der Waals surface area contributed by atoms with E-state index in [-0.39, 0.29) is 5.91 Å². The second kappa shape index (κ2) is 3.51. The molecule has 0 unspecified atom stereocenters. The molecule has 0 bridgehead atoms. The summed E-state index contributed by atoms with van der Waals surface area (Å²) in [6.07, 6.45) is 1.23. The quantitative estimate of drug-likeness (QED) is 0.640. The summed E-state index contributed by atoms with van der Waals surface area (Å²) in [5.41, 5.74) is 0.433. The highest BCUT2D eigenvalue weighted by Gasteiger charge is 2.46. The number of nitrogens with one attached hydrogen (secondary N) is 1. The molecule has 1 N–H and O–H groups in total. The number of carbonyl (C=O) groups excluding carboxylic acids is 1. The van der Waals surface area contributed by atoms with Gasteiger partial charge < -0.3 is 15.1 Å². The van der Waals surface area contributed by atoms with Crippen LogP contribution in [0.5, 0.6) is 0 Å².